The average molecular weight is 706 g/mol. The Balaban J connectivity index is 4.40. The number of hydrogen-bond donors (Lipinski definition) is 0. The molecule has 0 radical (unpaired) electrons. The first-order valence-corrected chi connectivity index (χ1v) is 21.2. The van der Waals surface area contributed by atoms with Crippen LogP contribution in [0.3, 0.4) is 0 Å². The molecule has 0 aromatic carbocycles. The van der Waals surface area contributed by atoms with Gasteiger partial charge in [-0.15, -0.1) is 0 Å². The van der Waals surface area contributed by atoms with Crippen LogP contribution in [-0.2, 0) is 32.7 Å². The first-order chi connectivity index (χ1) is 23.0. The van der Waals surface area contributed by atoms with Gasteiger partial charge in [0.1, 0.15) is 19.8 Å². The molecule has 0 aromatic heterocycles. The molecule has 48 heavy (non-hydrogen) atoms. The zero-order chi connectivity index (χ0) is 35.8. The van der Waals surface area contributed by atoms with Crippen LogP contribution in [0.5, 0.6) is 0 Å². The number of carbonyl (C=O) groups is 2. The van der Waals surface area contributed by atoms with E-state index in [-0.39, 0.29) is 32.0 Å². The molecule has 0 aliphatic heterocycles. The fourth-order valence-electron chi connectivity index (χ4n) is 5.48. The lowest BCUT2D eigenvalue weighted by molar-refractivity contribution is -0.870. The summed E-state index contributed by atoms with van der Waals surface area (Å²) >= 11 is 0. The van der Waals surface area contributed by atoms with Gasteiger partial charge in [0.05, 0.1) is 27.7 Å². The molecule has 10 heteroatoms. The zero-order valence-corrected chi connectivity index (χ0v) is 32.8. The van der Waals surface area contributed by atoms with E-state index < -0.39 is 26.5 Å². The summed E-state index contributed by atoms with van der Waals surface area (Å²) in [5, 5.41) is 0. The molecule has 0 aliphatic carbocycles. The highest BCUT2D eigenvalue weighted by molar-refractivity contribution is 7.45. The summed E-state index contributed by atoms with van der Waals surface area (Å²) in [6.45, 7) is 4.22. The lowest BCUT2D eigenvalue weighted by Gasteiger charge is -2.28. The average Bonchev–Trinajstić information content (AvgIpc) is 3.02. The Kier molecular flexibility index (Phi) is 31.3. The second-order valence-corrected chi connectivity index (χ2v) is 16.1. The lowest BCUT2D eigenvalue weighted by Crippen LogP contribution is -2.37. The summed E-state index contributed by atoms with van der Waals surface area (Å²) in [6, 6.07) is 0. The van der Waals surface area contributed by atoms with Crippen LogP contribution in [-0.4, -0.2) is 70.0 Å². The molecule has 2 atom stereocenters. The number of carbonyl (C=O) groups excluding carboxylic acids is 2. The smallest absolute Gasteiger partial charge is 0.306 e. The van der Waals surface area contributed by atoms with E-state index in [0.717, 1.165) is 32.1 Å². The lowest BCUT2D eigenvalue weighted by atomic mass is 10.0. The maximum absolute atomic E-state index is 12.6. The monoisotopic (exact) mass is 706 g/mol. The van der Waals surface area contributed by atoms with Gasteiger partial charge >= 0.3 is 11.9 Å². The van der Waals surface area contributed by atoms with Crippen molar-refractivity contribution in [3.63, 3.8) is 0 Å². The molecular weight excluding hydrogens is 629 g/mol. The summed E-state index contributed by atoms with van der Waals surface area (Å²) < 4.78 is 33.8. The van der Waals surface area contributed by atoms with E-state index in [1.54, 1.807) is 0 Å². The summed E-state index contributed by atoms with van der Waals surface area (Å²) in [5.74, 6) is -0.826. The van der Waals surface area contributed by atoms with Crippen molar-refractivity contribution in [3.8, 4) is 0 Å². The second-order valence-electron chi connectivity index (χ2n) is 14.7. The molecule has 0 N–H and O–H groups in total. The fourth-order valence-corrected chi connectivity index (χ4v) is 6.21. The van der Waals surface area contributed by atoms with Crippen molar-refractivity contribution in [2.45, 2.75) is 187 Å². The fraction of sp³-hybridized carbons (Fsp3) is 0.947. The Morgan fingerprint density at radius 3 is 1.33 bits per heavy atom. The SMILES string of the molecule is CCCCCCCCCCCCCCCC(=O)O[C@H](COC(=O)CCCCCCCCCCCCC)COP(=O)([O-])OCC[N+](C)(C)C. The van der Waals surface area contributed by atoms with E-state index in [2.05, 4.69) is 13.8 Å². The molecule has 0 aromatic rings. The predicted octanol–water partition coefficient (Wildman–Crippen LogP) is 9.83. The minimum atomic E-state index is -4.61. The maximum atomic E-state index is 12.6. The summed E-state index contributed by atoms with van der Waals surface area (Å²) in [7, 11) is 1.18. The minimum absolute atomic E-state index is 0.0261. The molecule has 286 valence electrons. The largest absolute Gasteiger partial charge is 0.756 e. The Morgan fingerprint density at radius 2 is 0.938 bits per heavy atom. The molecule has 9 nitrogen and oxygen atoms in total. The van der Waals surface area contributed by atoms with Crippen LogP contribution < -0.4 is 4.89 Å². The quantitative estimate of drug-likeness (QED) is 0.0274. The normalized spacial score (nSPS) is 13.7. The summed E-state index contributed by atoms with van der Waals surface area (Å²) in [4.78, 5) is 37.3. The number of hydrogen-bond acceptors (Lipinski definition) is 8. The highest BCUT2D eigenvalue weighted by Gasteiger charge is 2.21. The Morgan fingerprint density at radius 1 is 0.562 bits per heavy atom. The van der Waals surface area contributed by atoms with Crippen LogP contribution in [0, 0.1) is 0 Å². The molecule has 0 spiro atoms. The minimum Gasteiger partial charge on any atom is -0.756 e. The molecule has 0 fully saturated rings. The molecule has 0 bridgehead atoms. The Hall–Kier alpha value is -0.990. The third-order valence-electron chi connectivity index (χ3n) is 8.63. The Labute approximate surface area is 295 Å². The van der Waals surface area contributed by atoms with Crippen LogP contribution in [0.25, 0.3) is 0 Å². The highest BCUT2D eigenvalue weighted by Crippen LogP contribution is 2.38. The van der Waals surface area contributed by atoms with Crippen molar-refractivity contribution in [1.29, 1.82) is 0 Å². The molecule has 1 unspecified atom stereocenters. The van der Waals surface area contributed by atoms with E-state index in [1.807, 2.05) is 21.1 Å². The van der Waals surface area contributed by atoms with Gasteiger partial charge in [0.2, 0.25) is 0 Å². The Bertz CT molecular complexity index is 804. The van der Waals surface area contributed by atoms with Crippen LogP contribution >= 0.6 is 7.82 Å². The number of phosphoric acid groups is 1. The standard InChI is InChI=1S/C38H76NO8P/c1-6-8-10-12-14-16-18-19-21-23-25-27-29-31-38(41)47-36(35-46-48(42,43)45-33-32-39(3,4)5)34-44-37(40)30-28-26-24-22-20-17-15-13-11-9-7-2/h36H,6-35H2,1-5H3/t36-/m1/s1. The van der Waals surface area contributed by atoms with E-state index in [4.69, 9.17) is 18.5 Å². The molecule has 0 amide bonds. The first-order valence-electron chi connectivity index (χ1n) is 19.7. The van der Waals surface area contributed by atoms with Crippen molar-refractivity contribution < 1.29 is 42.1 Å². The second kappa shape index (κ2) is 32.0. The number of quaternary nitrogens is 1. The third kappa shape index (κ3) is 34.9. The van der Waals surface area contributed by atoms with Crippen LogP contribution in [0.4, 0.5) is 0 Å². The van der Waals surface area contributed by atoms with Gasteiger partial charge in [0.15, 0.2) is 6.10 Å². The predicted molar refractivity (Wildman–Crippen MR) is 195 cm³/mol. The highest BCUT2D eigenvalue weighted by atomic mass is 31.2. The number of likely N-dealkylation sites (N-methyl/N-ethyl adjacent to an activating group) is 1. The van der Waals surface area contributed by atoms with Gasteiger partial charge in [-0.2, -0.15) is 0 Å². The van der Waals surface area contributed by atoms with Crippen LogP contribution in [0.2, 0.25) is 0 Å². The van der Waals surface area contributed by atoms with Gasteiger partial charge in [0.25, 0.3) is 7.82 Å². The van der Waals surface area contributed by atoms with E-state index in [1.165, 1.54) is 116 Å². The number of nitrogens with zero attached hydrogens (tertiary/aromatic N) is 1. The van der Waals surface area contributed by atoms with Crippen LogP contribution in [0.15, 0.2) is 0 Å². The topological polar surface area (TPSA) is 111 Å². The van der Waals surface area contributed by atoms with Crippen molar-refractivity contribution in [2.75, 3.05) is 47.5 Å². The number of esters is 2. The van der Waals surface area contributed by atoms with Gasteiger partial charge < -0.3 is 27.9 Å². The van der Waals surface area contributed by atoms with Gasteiger partial charge in [-0.25, -0.2) is 0 Å². The van der Waals surface area contributed by atoms with Crippen molar-refractivity contribution in [3.05, 3.63) is 0 Å². The number of rotatable bonds is 36. The third-order valence-corrected chi connectivity index (χ3v) is 9.59. The van der Waals surface area contributed by atoms with E-state index >= 15 is 0 Å². The van der Waals surface area contributed by atoms with Gasteiger partial charge in [-0.05, 0) is 12.8 Å². The molecule has 0 rings (SSSR count). The van der Waals surface area contributed by atoms with Gasteiger partial charge in [-0.3, -0.25) is 14.2 Å². The van der Waals surface area contributed by atoms with Crippen molar-refractivity contribution >= 4 is 19.8 Å². The molecule has 0 saturated carbocycles. The van der Waals surface area contributed by atoms with Gasteiger partial charge in [0, 0.05) is 12.8 Å². The van der Waals surface area contributed by atoms with Gasteiger partial charge in [-0.1, -0.05) is 155 Å². The summed E-state index contributed by atoms with van der Waals surface area (Å²) in [5.41, 5.74) is 0. The van der Waals surface area contributed by atoms with E-state index in [9.17, 15) is 19.0 Å². The maximum Gasteiger partial charge on any atom is 0.306 e. The van der Waals surface area contributed by atoms with Crippen LogP contribution in [0.1, 0.15) is 181 Å². The van der Waals surface area contributed by atoms with E-state index in [0.29, 0.717) is 17.4 Å². The van der Waals surface area contributed by atoms with Crippen molar-refractivity contribution in [2.24, 2.45) is 0 Å². The molecule has 0 heterocycles. The molecular formula is C38H76NO8P. The molecule has 0 saturated heterocycles. The first kappa shape index (κ1) is 47.0. The number of ether oxygens (including phenoxy) is 2. The number of unbranched alkanes of at least 4 members (excludes halogenated alkanes) is 22. The van der Waals surface area contributed by atoms with Crippen molar-refractivity contribution in [1.82, 2.24) is 0 Å². The molecule has 0 aliphatic rings. The summed E-state index contributed by atoms with van der Waals surface area (Å²) in [6.07, 6.45) is 28.4. The zero-order valence-electron chi connectivity index (χ0n) is 32.0. The number of phosphoric ester groups is 1.